The largest absolute Gasteiger partial charge is 0.437 e. The molecule has 104 valence electrons. The Kier molecular flexibility index (Phi) is 3.41. The molecule has 0 atom stereocenters. The van der Waals surface area contributed by atoms with Crippen molar-refractivity contribution >= 4 is 27.9 Å². The molecule has 0 aliphatic rings. The van der Waals surface area contributed by atoms with Crippen LogP contribution in [0.3, 0.4) is 0 Å². The van der Waals surface area contributed by atoms with E-state index in [4.69, 9.17) is 16.3 Å². The third-order valence-corrected chi connectivity index (χ3v) is 4.45. The molecule has 0 bridgehead atoms. The van der Waals surface area contributed by atoms with Gasteiger partial charge in [-0.2, -0.15) is 4.98 Å². The number of nitrogens with zero attached hydrogens (tertiary/aromatic N) is 2. The van der Waals surface area contributed by atoms with Crippen molar-refractivity contribution < 1.29 is 9.84 Å². The van der Waals surface area contributed by atoms with E-state index in [9.17, 15) is 5.11 Å². The lowest BCUT2D eigenvalue weighted by molar-refractivity contribution is 0.270. The Labute approximate surface area is 125 Å². The van der Waals surface area contributed by atoms with Crippen molar-refractivity contribution in [3.63, 3.8) is 0 Å². The summed E-state index contributed by atoms with van der Waals surface area (Å²) in [5, 5.41) is 12.2. The summed E-state index contributed by atoms with van der Waals surface area (Å²) in [6.45, 7) is 3.74. The van der Waals surface area contributed by atoms with Crippen molar-refractivity contribution in [2.45, 2.75) is 20.5 Å². The quantitative estimate of drug-likeness (QED) is 0.797. The zero-order valence-corrected chi connectivity index (χ0v) is 12.6. The fourth-order valence-electron chi connectivity index (χ4n) is 2.12. The Hall–Kier alpha value is -1.56. The zero-order chi connectivity index (χ0) is 14.3. The van der Waals surface area contributed by atoms with Crippen LogP contribution < -0.4 is 4.74 Å². The van der Waals surface area contributed by atoms with Crippen LogP contribution in [0, 0.1) is 13.8 Å². The summed E-state index contributed by atoms with van der Waals surface area (Å²) in [6.07, 6.45) is 1.86. The first-order chi connectivity index (χ1) is 9.60. The van der Waals surface area contributed by atoms with Crippen LogP contribution >= 0.6 is 22.9 Å². The maximum absolute atomic E-state index is 9.50. The summed E-state index contributed by atoms with van der Waals surface area (Å²) < 4.78 is 7.65. The van der Waals surface area contributed by atoms with Crippen LogP contribution in [-0.4, -0.2) is 14.5 Å². The monoisotopic (exact) mass is 308 g/mol. The Morgan fingerprint density at radius 1 is 1.35 bits per heavy atom. The van der Waals surface area contributed by atoms with Crippen LogP contribution in [0.1, 0.15) is 16.8 Å². The van der Waals surface area contributed by atoms with Gasteiger partial charge in [-0.25, -0.2) is 0 Å². The minimum atomic E-state index is -0.126. The van der Waals surface area contributed by atoms with Crippen LogP contribution in [0.25, 0.3) is 4.96 Å². The normalized spacial score (nSPS) is 11.2. The van der Waals surface area contributed by atoms with Crippen LogP contribution in [0.2, 0.25) is 5.02 Å². The molecule has 6 heteroatoms. The highest BCUT2D eigenvalue weighted by Gasteiger charge is 2.15. The molecule has 2 heterocycles. The molecule has 0 saturated carbocycles. The standard InChI is InChI=1S/C14H13ClN2O2S/c1-8-5-10(6-9(2)12(8)15)19-13-11(7-18)17-3-4-20-14(17)16-13/h3-6,18H,7H2,1-2H3. The number of ether oxygens (including phenoxy) is 1. The van der Waals surface area contributed by atoms with Gasteiger partial charge in [0, 0.05) is 16.6 Å². The van der Waals surface area contributed by atoms with Gasteiger partial charge in [0.1, 0.15) is 11.4 Å². The number of imidazole rings is 1. The summed E-state index contributed by atoms with van der Waals surface area (Å²) in [6, 6.07) is 3.73. The molecule has 0 spiro atoms. The molecule has 3 aromatic rings. The van der Waals surface area contributed by atoms with Gasteiger partial charge in [-0.05, 0) is 37.1 Å². The third kappa shape index (κ3) is 2.18. The number of aliphatic hydroxyl groups is 1. The molecule has 0 saturated heterocycles. The molecule has 0 aliphatic heterocycles. The summed E-state index contributed by atoms with van der Waals surface area (Å²) in [5.74, 6) is 1.10. The van der Waals surface area contributed by atoms with E-state index < -0.39 is 0 Å². The topological polar surface area (TPSA) is 46.8 Å². The number of hydrogen-bond donors (Lipinski definition) is 1. The Balaban J connectivity index is 2.02. The lowest BCUT2D eigenvalue weighted by atomic mass is 10.1. The van der Waals surface area contributed by atoms with Gasteiger partial charge in [0.25, 0.3) is 0 Å². The van der Waals surface area contributed by atoms with E-state index in [1.54, 1.807) is 0 Å². The molecule has 0 unspecified atom stereocenters. The van der Waals surface area contributed by atoms with Gasteiger partial charge >= 0.3 is 0 Å². The SMILES string of the molecule is Cc1cc(Oc2nc3sccn3c2CO)cc(C)c1Cl. The molecule has 0 aliphatic carbocycles. The van der Waals surface area contributed by atoms with Gasteiger partial charge in [-0.1, -0.05) is 11.6 Å². The van der Waals surface area contributed by atoms with Gasteiger partial charge in [-0.15, -0.1) is 11.3 Å². The fourth-order valence-corrected chi connectivity index (χ4v) is 2.95. The molecule has 0 fully saturated rings. The molecule has 4 nitrogen and oxygen atoms in total. The minimum Gasteiger partial charge on any atom is -0.437 e. The van der Waals surface area contributed by atoms with Gasteiger partial charge in [0.15, 0.2) is 4.96 Å². The van der Waals surface area contributed by atoms with E-state index in [1.165, 1.54) is 11.3 Å². The second-order valence-electron chi connectivity index (χ2n) is 4.55. The summed E-state index contributed by atoms with van der Waals surface area (Å²) in [4.78, 5) is 5.18. The van der Waals surface area contributed by atoms with E-state index in [0.717, 1.165) is 21.1 Å². The molecule has 1 N–H and O–H groups in total. The number of halogens is 1. The van der Waals surface area contributed by atoms with Crippen molar-refractivity contribution in [1.29, 1.82) is 0 Å². The zero-order valence-electron chi connectivity index (χ0n) is 11.1. The van der Waals surface area contributed by atoms with Gasteiger partial charge < -0.3 is 9.84 Å². The molecule has 0 amide bonds. The minimum absolute atomic E-state index is 0.126. The highest BCUT2D eigenvalue weighted by Crippen LogP contribution is 2.31. The number of rotatable bonds is 3. The van der Waals surface area contributed by atoms with Crippen molar-refractivity contribution in [3.05, 3.63) is 45.6 Å². The summed E-state index contributed by atoms with van der Waals surface area (Å²) >= 11 is 7.64. The van der Waals surface area contributed by atoms with Gasteiger partial charge in [-0.3, -0.25) is 4.40 Å². The van der Waals surface area contributed by atoms with Crippen molar-refractivity contribution in [2.24, 2.45) is 0 Å². The Morgan fingerprint density at radius 2 is 2.05 bits per heavy atom. The first-order valence-corrected chi connectivity index (χ1v) is 7.36. The lowest BCUT2D eigenvalue weighted by Gasteiger charge is -2.08. The predicted octanol–water partition coefficient (Wildman–Crippen LogP) is 3.95. The predicted molar refractivity (Wildman–Crippen MR) is 80.0 cm³/mol. The van der Waals surface area contributed by atoms with Crippen LogP contribution in [0.4, 0.5) is 0 Å². The first-order valence-electron chi connectivity index (χ1n) is 6.10. The first kappa shape index (κ1) is 13.4. The molecule has 1 aromatic carbocycles. The smallest absolute Gasteiger partial charge is 0.244 e. The number of benzene rings is 1. The van der Waals surface area contributed by atoms with E-state index >= 15 is 0 Å². The number of aromatic nitrogens is 2. The lowest BCUT2D eigenvalue weighted by Crippen LogP contribution is -1.94. The van der Waals surface area contributed by atoms with Crippen molar-refractivity contribution in [2.75, 3.05) is 0 Å². The molecule has 2 aromatic heterocycles. The molecule has 0 radical (unpaired) electrons. The second-order valence-corrected chi connectivity index (χ2v) is 5.80. The number of aliphatic hydroxyl groups excluding tert-OH is 1. The van der Waals surface area contributed by atoms with Crippen LogP contribution in [0.5, 0.6) is 11.6 Å². The summed E-state index contributed by atoms with van der Waals surface area (Å²) in [7, 11) is 0. The number of hydrogen-bond acceptors (Lipinski definition) is 4. The molecule has 20 heavy (non-hydrogen) atoms. The summed E-state index contributed by atoms with van der Waals surface area (Å²) in [5.41, 5.74) is 2.55. The number of fused-ring (bicyclic) bond motifs is 1. The number of thiazole rings is 1. The maximum Gasteiger partial charge on any atom is 0.244 e. The molecular formula is C14H13ClN2O2S. The van der Waals surface area contributed by atoms with E-state index in [1.807, 2.05) is 42.0 Å². The number of aryl methyl sites for hydroxylation is 2. The van der Waals surface area contributed by atoms with E-state index in [2.05, 4.69) is 4.98 Å². The van der Waals surface area contributed by atoms with Crippen molar-refractivity contribution in [1.82, 2.24) is 9.38 Å². The Morgan fingerprint density at radius 3 is 2.70 bits per heavy atom. The highest BCUT2D eigenvalue weighted by molar-refractivity contribution is 7.15. The van der Waals surface area contributed by atoms with Crippen LogP contribution in [0.15, 0.2) is 23.7 Å². The fraction of sp³-hybridized carbons (Fsp3) is 0.214. The van der Waals surface area contributed by atoms with Crippen LogP contribution in [-0.2, 0) is 6.61 Å². The average molecular weight is 309 g/mol. The Bertz CT molecular complexity index is 756. The maximum atomic E-state index is 9.50. The van der Waals surface area contributed by atoms with E-state index in [0.29, 0.717) is 17.3 Å². The average Bonchev–Trinajstić information content (AvgIpc) is 2.96. The molecular weight excluding hydrogens is 296 g/mol. The second kappa shape index (κ2) is 5.09. The van der Waals surface area contributed by atoms with Crippen molar-refractivity contribution in [3.8, 4) is 11.6 Å². The van der Waals surface area contributed by atoms with E-state index in [-0.39, 0.29) is 6.61 Å². The van der Waals surface area contributed by atoms with Gasteiger partial charge in [0.05, 0.1) is 6.61 Å². The van der Waals surface area contributed by atoms with Gasteiger partial charge in [0.2, 0.25) is 5.88 Å². The third-order valence-electron chi connectivity index (χ3n) is 3.10. The molecule has 3 rings (SSSR count). The highest BCUT2D eigenvalue weighted by atomic mass is 35.5.